The Labute approximate surface area is 110 Å². The van der Waals surface area contributed by atoms with E-state index in [2.05, 4.69) is 41.0 Å². The number of nitrogens with two attached hydrogens (primary N) is 2. The van der Waals surface area contributed by atoms with Crippen LogP contribution in [0.25, 0.3) is 0 Å². The van der Waals surface area contributed by atoms with Crippen molar-refractivity contribution in [1.29, 1.82) is 0 Å². The van der Waals surface area contributed by atoms with Gasteiger partial charge in [0.2, 0.25) is 17.8 Å². The lowest BCUT2D eigenvalue weighted by atomic mass is 10.3. The molecule has 1 aromatic heterocycles. The molecule has 0 aliphatic carbocycles. The van der Waals surface area contributed by atoms with Crippen LogP contribution in [-0.2, 0) is 0 Å². The molecule has 6 heteroatoms. The Kier molecular flexibility index (Phi) is 9.62. The average molecular weight is 254 g/mol. The van der Waals surface area contributed by atoms with Crippen molar-refractivity contribution < 1.29 is 0 Å². The van der Waals surface area contributed by atoms with Crippen molar-refractivity contribution in [2.75, 3.05) is 23.3 Å². The van der Waals surface area contributed by atoms with Gasteiger partial charge in [0.25, 0.3) is 0 Å². The number of aromatic nitrogens is 3. The Morgan fingerprint density at radius 3 is 1.72 bits per heavy atom. The normalized spacial score (nSPS) is 9.50. The molecule has 0 aromatic carbocycles. The molecule has 0 fully saturated rings. The van der Waals surface area contributed by atoms with Crippen LogP contribution in [0.2, 0.25) is 0 Å². The van der Waals surface area contributed by atoms with Crippen LogP contribution in [-0.4, -0.2) is 21.5 Å². The molecule has 0 bridgehead atoms. The zero-order valence-corrected chi connectivity index (χ0v) is 11.7. The summed E-state index contributed by atoms with van der Waals surface area (Å²) in [5, 5.41) is 3.00. The largest absolute Gasteiger partial charge is 0.368 e. The fourth-order valence-corrected chi connectivity index (χ4v) is 1.22. The molecule has 1 heterocycles. The minimum absolute atomic E-state index is 0.145. The first-order valence-electron chi connectivity index (χ1n) is 6.64. The molecule has 0 aliphatic heterocycles. The van der Waals surface area contributed by atoms with Gasteiger partial charge in [-0.15, -0.1) is 0 Å². The molecule has 6 nitrogen and oxygen atoms in total. The van der Waals surface area contributed by atoms with E-state index in [1.807, 2.05) is 0 Å². The summed E-state index contributed by atoms with van der Waals surface area (Å²) in [6.45, 7) is 7.35. The summed E-state index contributed by atoms with van der Waals surface area (Å²) in [6.07, 6.45) is 6.25. The van der Waals surface area contributed by atoms with Gasteiger partial charge in [0.1, 0.15) is 0 Å². The van der Waals surface area contributed by atoms with Crippen molar-refractivity contribution in [2.24, 2.45) is 0 Å². The number of anilines is 3. The van der Waals surface area contributed by atoms with E-state index in [1.54, 1.807) is 0 Å². The predicted molar refractivity (Wildman–Crippen MR) is 77.2 cm³/mol. The summed E-state index contributed by atoms with van der Waals surface area (Å²) in [7, 11) is 0. The average Bonchev–Trinajstić information content (AvgIpc) is 2.30. The van der Waals surface area contributed by atoms with Gasteiger partial charge in [-0.05, 0) is 6.42 Å². The quantitative estimate of drug-likeness (QED) is 0.674. The van der Waals surface area contributed by atoms with Gasteiger partial charge < -0.3 is 16.8 Å². The second-order valence-electron chi connectivity index (χ2n) is 4.01. The first-order chi connectivity index (χ1) is 8.63. The van der Waals surface area contributed by atoms with E-state index in [-0.39, 0.29) is 11.9 Å². The summed E-state index contributed by atoms with van der Waals surface area (Å²) in [6, 6.07) is 0. The van der Waals surface area contributed by atoms with Gasteiger partial charge in [-0.3, -0.25) is 0 Å². The molecule has 0 unspecified atom stereocenters. The third-order valence-electron chi connectivity index (χ3n) is 2.19. The molecule has 0 amide bonds. The van der Waals surface area contributed by atoms with E-state index in [0.717, 1.165) is 19.4 Å². The molecule has 0 saturated heterocycles. The number of rotatable bonds is 6. The maximum atomic E-state index is 5.38. The van der Waals surface area contributed by atoms with Crippen molar-refractivity contribution in [3.63, 3.8) is 0 Å². The molecule has 0 saturated carbocycles. The van der Waals surface area contributed by atoms with Crippen LogP contribution in [0.4, 0.5) is 17.8 Å². The Hall–Kier alpha value is -1.59. The van der Waals surface area contributed by atoms with Gasteiger partial charge in [-0.25, -0.2) is 0 Å². The van der Waals surface area contributed by atoms with Crippen LogP contribution in [0.3, 0.4) is 0 Å². The maximum absolute atomic E-state index is 5.38. The van der Waals surface area contributed by atoms with Crippen LogP contribution in [0.1, 0.15) is 52.9 Å². The van der Waals surface area contributed by atoms with Crippen molar-refractivity contribution in [3.05, 3.63) is 0 Å². The Morgan fingerprint density at radius 2 is 1.33 bits per heavy atom. The molecule has 0 spiro atoms. The Morgan fingerprint density at radius 1 is 0.833 bits per heavy atom. The highest BCUT2D eigenvalue weighted by Gasteiger charge is 1.99. The smallest absolute Gasteiger partial charge is 0.229 e. The monoisotopic (exact) mass is 254 g/mol. The van der Waals surface area contributed by atoms with Crippen molar-refractivity contribution in [2.45, 2.75) is 52.9 Å². The molecule has 5 N–H and O–H groups in total. The standard InChI is InChI=1S/C7H14N6.C5H12/c1-2-3-4-10-7-12-5(8)11-6(9)13-7;1-3-5-4-2/h2-4H2,1H3,(H5,8,9,10,11,12,13);3-5H2,1-2H3. The molecular formula is C12H26N6. The van der Waals surface area contributed by atoms with E-state index in [0.29, 0.717) is 5.95 Å². The zero-order chi connectivity index (χ0) is 13.8. The number of unbranched alkanes of at least 4 members (excludes halogenated alkanes) is 3. The van der Waals surface area contributed by atoms with Gasteiger partial charge in [-0.2, -0.15) is 15.0 Å². The minimum atomic E-state index is 0.145. The van der Waals surface area contributed by atoms with Gasteiger partial charge >= 0.3 is 0 Å². The summed E-state index contributed by atoms with van der Waals surface area (Å²) in [5.41, 5.74) is 10.8. The number of nitrogens with zero attached hydrogens (tertiary/aromatic N) is 3. The van der Waals surface area contributed by atoms with Gasteiger partial charge in [0.15, 0.2) is 0 Å². The number of hydrogen-bond donors (Lipinski definition) is 3. The minimum Gasteiger partial charge on any atom is -0.368 e. The first kappa shape index (κ1) is 16.4. The molecule has 0 atom stereocenters. The van der Waals surface area contributed by atoms with Crippen molar-refractivity contribution in [3.8, 4) is 0 Å². The fraction of sp³-hybridized carbons (Fsp3) is 0.750. The van der Waals surface area contributed by atoms with Gasteiger partial charge in [-0.1, -0.05) is 46.5 Å². The van der Waals surface area contributed by atoms with Crippen LogP contribution < -0.4 is 16.8 Å². The summed E-state index contributed by atoms with van der Waals surface area (Å²) >= 11 is 0. The fourth-order valence-electron chi connectivity index (χ4n) is 1.22. The van der Waals surface area contributed by atoms with Crippen molar-refractivity contribution >= 4 is 17.8 Å². The number of nitrogens with one attached hydrogen (secondary N) is 1. The maximum Gasteiger partial charge on any atom is 0.229 e. The summed E-state index contributed by atoms with van der Waals surface area (Å²) in [5.74, 6) is 0.733. The van der Waals surface area contributed by atoms with Crippen LogP contribution in [0.15, 0.2) is 0 Å². The van der Waals surface area contributed by atoms with Gasteiger partial charge in [0, 0.05) is 6.54 Å². The number of nitrogen functional groups attached to an aromatic ring is 2. The van der Waals surface area contributed by atoms with Crippen molar-refractivity contribution in [1.82, 2.24) is 15.0 Å². The van der Waals surface area contributed by atoms with E-state index in [1.165, 1.54) is 19.3 Å². The van der Waals surface area contributed by atoms with Crippen LogP contribution in [0.5, 0.6) is 0 Å². The Bertz CT molecular complexity index is 293. The SMILES string of the molecule is CCCCC.CCCCNc1nc(N)nc(N)n1. The molecular weight excluding hydrogens is 228 g/mol. The molecule has 1 aromatic rings. The number of hydrogen-bond acceptors (Lipinski definition) is 6. The highest BCUT2D eigenvalue weighted by Crippen LogP contribution is 2.03. The van der Waals surface area contributed by atoms with E-state index in [9.17, 15) is 0 Å². The summed E-state index contributed by atoms with van der Waals surface area (Å²) in [4.78, 5) is 11.4. The molecule has 18 heavy (non-hydrogen) atoms. The second kappa shape index (κ2) is 10.6. The van der Waals surface area contributed by atoms with Crippen LogP contribution >= 0.6 is 0 Å². The van der Waals surface area contributed by atoms with Crippen LogP contribution in [0, 0.1) is 0 Å². The Balaban J connectivity index is 0.000000494. The molecule has 1 rings (SSSR count). The van der Waals surface area contributed by atoms with E-state index in [4.69, 9.17) is 11.5 Å². The van der Waals surface area contributed by atoms with E-state index >= 15 is 0 Å². The molecule has 104 valence electrons. The molecule has 0 aliphatic rings. The predicted octanol–water partition coefficient (Wildman–Crippen LogP) is 2.44. The lowest BCUT2D eigenvalue weighted by Crippen LogP contribution is -2.10. The summed E-state index contributed by atoms with van der Waals surface area (Å²) < 4.78 is 0. The van der Waals surface area contributed by atoms with E-state index < -0.39 is 0 Å². The highest BCUT2D eigenvalue weighted by molar-refractivity contribution is 5.36. The third kappa shape index (κ3) is 8.55. The topological polar surface area (TPSA) is 103 Å². The second-order valence-corrected chi connectivity index (χ2v) is 4.01. The highest BCUT2D eigenvalue weighted by atomic mass is 15.2. The first-order valence-corrected chi connectivity index (χ1v) is 6.64. The zero-order valence-electron chi connectivity index (χ0n) is 11.7. The third-order valence-corrected chi connectivity index (χ3v) is 2.19. The lowest BCUT2D eigenvalue weighted by molar-refractivity contribution is 0.772. The molecule has 0 radical (unpaired) electrons. The lowest BCUT2D eigenvalue weighted by Gasteiger charge is -2.03. The van der Waals surface area contributed by atoms with Gasteiger partial charge in [0.05, 0.1) is 0 Å².